The average molecular weight is 446 g/mol. The van der Waals surface area contributed by atoms with Crippen molar-refractivity contribution in [3.05, 3.63) is 58.0 Å². The zero-order valence-electron chi connectivity index (χ0n) is 17.6. The third-order valence-corrected chi connectivity index (χ3v) is 6.50. The molecule has 3 amide bonds. The monoisotopic (exact) mass is 445 g/mol. The van der Waals surface area contributed by atoms with Crippen LogP contribution in [0.15, 0.2) is 41.8 Å². The molecule has 0 aliphatic carbocycles. The molecule has 0 radical (unpaired) electrons. The van der Waals surface area contributed by atoms with Crippen molar-refractivity contribution in [1.82, 2.24) is 15.5 Å². The summed E-state index contributed by atoms with van der Waals surface area (Å²) in [5.41, 5.74) is 0.586. The quantitative estimate of drug-likeness (QED) is 0.656. The molecule has 1 fully saturated rings. The number of carbonyl (C=O) groups excluding carboxylic acids is 3. The molecule has 2 aromatic rings. The summed E-state index contributed by atoms with van der Waals surface area (Å²) < 4.78 is 13.7. The van der Waals surface area contributed by atoms with Crippen molar-refractivity contribution in [2.45, 2.75) is 38.6 Å². The molecule has 3 rings (SSSR count). The van der Waals surface area contributed by atoms with Gasteiger partial charge in [-0.05, 0) is 42.3 Å². The van der Waals surface area contributed by atoms with Gasteiger partial charge in [-0.25, -0.2) is 4.39 Å². The lowest BCUT2D eigenvalue weighted by atomic mass is 9.95. The SMILES string of the molecule is CC(=O)NC(CC(=O)N1CCC(C(=O)NCCc2ccccc2F)CC1)c1cccs1. The number of likely N-dealkylation sites (tertiary alicyclic amines) is 1. The maximum Gasteiger partial charge on any atom is 0.225 e. The van der Waals surface area contributed by atoms with Crippen molar-refractivity contribution < 1.29 is 18.8 Å². The van der Waals surface area contributed by atoms with Gasteiger partial charge in [-0.2, -0.15) is 0 Å². The molecule has 1 saturated heterocycles. The van der Waals surface area contributed by atoms with Crippen molar-refractivity contribution in [3.63, 3.8) is 0 Å². The number of carbonyl (C=O) groups is 3. The Morgan fingerprint density at radius 2 is 1.90 bits per heavy atom. The summed E-state index contributed by atoms with van der Waals surface area (Å²) in [6.07, 6.45) is 1.85. The van der Waals surface area contributed by atoms with E-state index in [0.29, 0.717) is 44.5 Å². The first-order valence-electron chi connectivity index (χ1n) is 10.5. The molecule has 1 aromatic heterocycles. The Bertz CT molecular complexity index is 895. The number of rotatable bonds is 8. The zero-order valence-corrected chi connectivity index (χ0v) is 18.4. The number of hydrogen-bond donors (Lipinski definition) is 2. The van der Waals surface area contributed by atoms with Crippen molar-refractivity contribution in [2.24, 2.45) is 5.92 Å². The van der Waals surface area contributed by atoms with Crippen molar-refractivity contribution >= 4 is 29.1 Å². The first kappa shape index (κ1) is 22.9. The van der Waals surface area contributed by atoms with Gasteiger partial charge >= 0.3 is 0 Å². The van der Waals surface area contributed by atoms with Gasteiger partial charge in [0.05, 0.1) is 12.5 Å². The number of thiophene rings is 1. The minimum absolute atomic E-state index is 0.0226. The van der Waals surface area contributed by atoms with E-state index in [4.69, 9.17) is 0 Å². The third-order valence-electron chi connectivity index (χ3n) is 5.51. The highest BCUT2D eigenvalue weighted by molar-refractivity contribution is 7.10. The van der Waals surface area contributed by atoms with E-state index in [1.54, 1.807) is 23.1 Å². The van der Waals surface area contributed by atoms with Crippen LogP contribution < -0.4 is 10.6 Å². The van der Waals surface area contributed by atoms with Crippen molar-refractivity contribution in [3.8, 4) is 0 Å². The molecule has 0 spiro atoms. The van der Waals surface area contributed by atoms with Crippen LogP contribution in [-0.4, -0.2) is 42.3 Å². The highest BCUT2D eigenvalue weighted by Crippen LogP contribution is 2.25. The van der Waals surface area contributed by atoms with Gasteiger partial charge < -0.3 is 15.5 Å². The molecule has 31 heavy (non-hydrogen) atoms. The second kappa shape index (κ2) is 11.0. The van der Waals surface area contributed by atoms with E-state index in [0.717, 1.165) is 4.88 Å². The predicted octanol–water partition coefficient (Wildman–Crippen LogP) is 3.05. The Kier molecular flexibility index (Phi) is 8.17. The van der Waals surface area contributed by atoms with Gasteiger partial charge in [0.1, 0.15) is 5.82 Å². The summed E-state index contributed by atoms with van der Waals surface area (Å²) in [5, 5.41) is 7.66. The van der Waals surface area contributed by atoms with Crippen LogP contribution in [0.25, 0.3) is 0 Å². The molecular formula is C23H28FN3O3S. The second-order valence-electron chi connectivity index (χ2n) is 7.76. The fourth-order valence-electron chi connectivity index (χ4n) is 3.82. The number of hydrogen-bond acceptors (Lipinski definition) is 4. The van der Waals surface area contributed by atoms with E-state index in [2.05, 4.69) is 10.6 Å². The van der Waals surface area contributed by atoms with E-state index in [1.165, 1.54) is 24.3 Å². The first-order chi connectivity index (χ1) is 14.9. The van der Waals surface area contributed by atoms with Crippen molar-refractivity contribution in [2.75, 3.05) is 19.6 Å². The summed E-state index contributed by atoms with van der Waals surface area (Å²) in [6.45, 7) is 2.86. The molecule has 1 unspecified atom stereocenters. The molecule has 0 saturated carbocycles. The smallest absolute Gasteiger partial charge is 0.225 e. The molecule has 166 valence electrons. The van der Waals surface area contributed by atoms with Gasteiger partial charge in [-0.15, -0.1) is 11.3 Å². The molecule has 6 nitrogen and oxygen atoms in total. The number of benzene rings is 1. The normalized spacial score (nSPS) is 15.4. The highest BCUT2D eigenvalue weighted by Gasteiger charge is 2.29. The summed E-state index contributed by atoms with van der Waals surface area (Å²) in [4.78, 5) is 39.5. The lowest BCUT2D eigenvalue weighted by molar-refractivity contribution is -0.136. The van der Waals surface area contributed by atoms with Gasteiger partial charge in [0.15, 0.2) is 0 Å². The molecule has 1 aliphatic rings. The lowest BCUT2D eigenvalue weighted by Crippen LogP contribution is -2.44. The van der Waals surface area contributed by atoms with Crippen LogP contribution in [0, 0.1) is 11.7 Å². The van der Waals surface area contributed by atoms with Crippen LogP contribution in [0.3, 0.4) is 0 Å². The Morgan fingerprint density at radius 1 is 1.16 bits per heavy atom. The number of halogens is 1. The standard InChI is InChI=1S/C23H28FN3O3S/c1-16(28)26-20(21-7-4-14-31-21)15-22(29)27-12-9-18(10-13-27)23(30)25-11-8-17-5-2-3-6-19(17)24/h2-7,14,18,20H,8-13,15H2,1H3,(H,25,30)(H,26,28). The number of nitrogens with one attached hydrogen (secondary N) is 2. The summed E-state index contributed by atoms with van der Waals surface area (Å²) in [7, 11) is 0. The second-order valence-corrected chi connectivity index (χ2v) is 8.74. The zero-order chi connectivity index (χ0) is 22.2. The van der Waals surface area contributed by atoms with Gasteiger partial charge in [0.2, 0.25) is 17.7 Å². The van der Waals surface area contributed by atoms with Crippen LogP contribution in [0.1, 0.15) is 42.7 Å². The minimum Gasteiger partial charge on any atom is -0.356 e. The van der Waals surface area contributed by atoms with E-state index >= 15 is 0 Å². The lowest BCUT2D eigenvalue weighted by Gasteiger charge is -2.32. The molecule has 0 bridgehead atoms. The highest BCUT2D eigenvalue weighted by atomic mass is 32.1. The molecule has 1 aromatic carbocycles. The largest absolute Gasteiger partial charge is 0.356 e. The van der Waals surface area contributed by atoms with Crippen LogP contribution in [0.2, 0.25) is 0 Å². The molecular weight excluding hydrogens is 417 g/mol. The third kappa shape index (κ3) is 6.62. The minimum atomic E-state index is -0.329. The van der Waals surface area contributed by atoms with Crippen LogP contribution in [0.5, 0.6) is 0 Å². The first-order valence-corrected chi connectivity index (χ1v) is 11.4. The van der Waals surface area contributed by atoms with E-state index in [9.17, 15) is 18.8 Å². The summed E-state index contributed by atoms with van der Waals surface area (Å²) in [6, 6.07) is 10.0. The van der Waals surface area contributed by atoms with Crippen molar-refractivity contribution in [1.29, 1.82) is 0 Å². The van der Waals surface area contributed by atoms with Gasteiger partial charge in [-0.3, -0.25) is 14.4 Å². The van der Waals surface area contributed by atoms with Gasteiger partial charge in [-0.1, -0.05) is 24.3 Å². The van der Waals surface area contributed by atoms with E-state index in [-0.39, 0.29) is 41.9 Å². The number of nitrogens with zero attached hydrogens (tertiary/aromatic N) is 1. The summed E-state index contributed by atoms with van der Waals surface area (Å²) >= 11 is 1.51. The number of piperidine rings is 1. The Labute approximate surface area is 185 Å². The maximum atomic E-state index is 13.7. The predicted molar refractivity (Wildman–Crippen MR) is 118 cm³/mol. The van der Waals surface area contributed by atoms with E-state index < -0.39 is 0 Å². The molecule has 2 N–H and O–H groups in total. The van der Waals surface area contributed by atoms with E-state index in [1.807, 2.05) is 17.5 Å². The Balaban J connectivity index is 1.43. The average Bonchev–Trinajstić information content (AvgIpc) is 3.29. The topological polar surface area (TPSA) is 78.5 Å². The van der Waals surface area contributed by atoms with Gasteiger partial charge in [0, 0.05) is 37.4 Å². The van der Waals surface area contributed by atoms with Gasteiger partial charge in [0.25, 0.3) is 0 Å². The number of amides is 3. The molecule has 1 atom stereocenters. The maximum absolute atomic E-state index is 13.7. The Morgan fingerprint density at radius 3 is 2.55 bits per heavy atom. The van der Waals surface area contributed by atoms with Crippen LogP contribution in [-0.2, 0) is 20.8 Å². The summed E-state index contributed by atoms with van der Waals surface area (Å²) in [5.74, 6) is -0.641. The fourth-order valence-corrected chi connectivity index (χ4v) is 4.60. The Hall–Kier alpha value is -2.74. The molecule has 8 heteroatoms. The fraction of sp³-hybridized carbons (Fsp3) is 0.435. The molecule has 1 aliphatic heterocycles. The molecule has 2 heterocycles. The van der Waals surface area contributed by atoms with Crippen LogP contribution in [0.4, 0.5) is 4.39 Å². The van der Waals surface area contributed by atoms with Crippen LogP contribution >= 0.6 is 11.3 Å².